The summed E-state index contributed by atoms with van der Waals surface area (Å²) in [6, 6.07) is 20.0. The number of aryl methyl sites for hydroxylation is 1. The molecule has 2 heterocycles. The second kappa shape index (κ2) is 10.5. The second-order valence-electron chi connectivity index (χ2n) is 9.56. The number of hydrogen-bond donors (Lipinski definition) is 1. The maximum Gasteiger partial charge on any atom is 0.306 e. The van der Waals surface area contributed by atoms with E-state index < -0.39 is 0 Å². The van der Waals surface area contributed by atoms with E-state index in [0.717, 1.165) is 28.8 Å². The Morgan fingerprint density at radius 2 is 1.95 bits per heavy atom. The maximum absolute atomic E-state index is 13.4. The number of benzene rings is 3. The number of ether oxygens (including phenoxy) is 1. The standard InChI is InChI=1S/C30H31N3O4/c1-4-36-28(34)15-20(3)21-9-10-24-18-33(14-13-22(24)16-21)29(35)23-11-12-26-27(17-23)37-30(32-26)31-25-8-6-5-7-19(25)2/h5-12,16-17,20H,4,13-15,18H2,1-3H3,(H,31,32). The van der Waals surface area contributed by atoms with Crippen LogP contribution in [0.4, 0.5) is 11.7 Å². The second-order valence-corrected chi connectivity index (χ2v) is 9.56. The maximum atomic E-state index is 13.4. The third-order valence-corrected chi connectivity index (χ3v) is 6.90. The summed E-state index contributed by atoms with van der Waals surface area (Å²) in [5, 5.41) is 3.21. The molecule has 3 aromatic carbocycles. The van der Waals surface area contributed by atoms with Gasteiger partial charge in [0, 0.05) is 24.3 Å². The van der Waals surface area contributed by atoms with E-state index in [4.69, 9.17) is 9.15 Å². The fraction of sp³-hybridized carbons (Fsp3) is 0.300. The van der Waals surface area contributed by atoms with Gasteiger partial charge in [0.05, 0.1) is 13.0 Å². The first-order valence-electron chi connectivity index (χ1n) is 12.7. The van der Waals surface area contributed by atoms with Gasteiger partial charge in [-0.25, -0.2) is 0 Å². The molecule has 4 aromatic rings. The van der Waals surface area contributed by atoms with Crippen molar-refractivity contribution < 1.29 is 18.7 Å². The lowest BCUT2D eigenvalue weighted by atomic mass is 9.91. The van der Waals surface area contributed by atoms with Gasteiger partial charge in [-0.2, -0.15) is 4.98 Å². The highest BCUT2D eigenvalue weighted by Gasteiger charge is 2.24. The minimum Gasteiger partial charge on any atom is -0.466 e. The Morgan fingerprint density at radius 1 is 1.11 bits per heavy atom. The number of hydrogen-bond acceptors (Lipinski definition) is 6. The molecule has 5 rings (SSSR count). The third-order valence-electron chi connectivity index (χ3n) is 6.90. The molecule has 1 amide bonds. The van der Waals surface area contributed by atoms with Crippen molar-refractivity contribution in [3.63, 3.8) is 0 Å². The minimum atomic E-state index is -0.175. The van der Waals surface area contributed by atoms with Gasteiger partial charge >= 0.3 is 5.97 Å². The fourth-order valence-corrected chi connectivity index (χ4v) is 4.76. The number of carbonyl (C=O) groups is 2. The number of amides is 1. The highest BCUT2D eigenvalue weighted by atomic mass is 16.5. The molecule has 7 nitrogen and oxygen atoms in total. The van der Waals surface area contributed by atoms with Gasteiger partial charge in [-0.05, 0) is 72.7 Å². The van der Waals surface area contributed by atoms with E-state index in [2.05, 4.69) is 28.5 Å². The highest BCUT2D eigenvalue weighted by Crippen LogP contribution is 2.28. The average molecular weight is 498 g/mol. The lowest BCUT2D eigenvalue weighted by molar-refractivity contribution is -0.143. The molecular weight excluding hydrogens is 466 g/mol. The van der Waals surface area contributed by atoms with E-state index in [0.29, 0.717) is 48.8 Å². The summed E-state index contributed by atoms with van der Waals surface area (Å²) in [4.78, 5) is 31.6. The van der Waals surface area contributed by atoms with Gasteiger partial charge in [0.2, 0.25) is 0 Å². The van der Waals surface area contributed by atoms with Crippen LogP contribution in [-0.4, -0.2) is 34.9 Å². The number of aromatic nitrogens is 1. The lowest BCUT2D eigenvalue weighted by Gasteiger charge is -2.29. The van der Waals surface area contributed by atoms with Gasteiger partial charge < -0.3 is 19.4 Å². The lowest BCUT2D eigenvalue weighted by Crippen LogP contribution is -2.36. The molecule has 1 atom stereocenters. The average Bonchev–Trinajstić information content (AvgIpc) is 3.30. The molecule has 1 unspecified atom stereocenters. The topological polar surface area (TPSA) is 84.7 Å². The minimum absolute atomic E-state index is 0.0304. The van der Waals surface area contributed by atoms with Crippen LogP contribution in [0.15, 0.2) is 65.1 Å². The molecule has 190 valence electrons. The molecule has 0 bridgehead atoms. The number of anilines is 2. The van der Waals surface area contributed by atoms with Crippen LogP contribution in [0.5, 0.6) is 0 Å². The van der Waals surface area contributed by atoms with Gasteiger partial charge in [0.25, 0.3) is 11.9 Å². The van der Waals surface area contributed by atoms with Crippen molar-refractivity contribution in [1.29, 1.82) is 0 Å². The molecule has 1 aromatic heterocycles. The largest absolute Gasteiger partial charge is 0.466 e. The van der Waals surface area contributed by atoms with Gasteiger partial charge in [-0.15, -0.1) is 0 Å². The molecule has 0 saturated carbocycles. The zero-order chi connectivity index (χ0) is 25.9. The molecule has 1 aliphatic rings. The Labute approximate surface area is 216 Å². The zero-order valence-corrected chi connectivity index (χ0v) is 21.4. The van der Waals surface area contributed by atoms with Crippen LogP contribution >= 0.6 is 0 Å². The van der Waals surface area contributed by atoms with E-state index in [-0.39, 0.29) is 17.8 Å². The molecule has 1 aliphatic heterocycles. The summed E-state index contributed by atoms with van der Waals surface area (Å²) in [6.07, 6.45) is 1.14. The van der Waals surface area contributed by atoms with Gasteiger partial charge in [0.1, 0.15) is 5.52 Å². The van der Waals surface area contributed by atoms with E-state index in [1.54, 1.807) is 12.1 Å². The Balaban J connectivity index is 1.28. The molecule has 0 spiro atoms. The molecule has 0 radical (unpaired) electrons. The van der Waals surface area contributed by atoms with Crippen molar-refractivity contribution >= 4 is 34.7 Å². The van der Waals surface area contributed by atoms with Crippen LogP contribution in [-0.2, 0) is 22.5 Å². The first kappa shape index (κ1) is 24.6. The molecule has 1 N–H and O–H groups in total. The van der Waals surface area contributed by atoms with Crippen LogP contribution in [0.1, 0.15) is 58.8 Å². The van der Waals surface area contributed by atoms with Crippen LogP contribution in [0.2, 0.25) is 0 Å². The number of carbonyl (C=O) groups excluding carboxylic acids is 2. The molecule has 7 heteroatoms. The van der Waals surface area contributed by atoms with Crippen molar-refractivity contribution in [1.82, 2.24) is 9.88 Å². The SMILES string of the molecule is CCOC(=O)CC(C)c1ccc2c(c1)CCN(C(=O)c1ccc3nc(Nc4ccccc4C)oc3c1)C2. The van der Waals surface area contributed by atoms with Crippen LogP contribution in [0.25, 0.3) is 11.1 Å². The van der Waals surface area contributed by atoms with Crippen molar-refractivity contribution in [2.24, 2.45) is 0 Å². The smallest absolute Gasteiger partial charge is 0.306 e. The Kier molecular flexibility index (Phi) is 6.95. The van der Waals surface area contributed by atoms with Gasteiger partial charge in [-0.1, -0.05) is 43.3 Å². The normalized spacial score (nSPS) is 13.8. The predicted octanol–water partition coefficient (Wildman–Crippen LogP) is 6.14. The number of para-hydroxylation sites is 1. The Bertz CT molecular complexity index is 1460. The van der Waals surface area contributed by atoms with Crippen molar-refractivity contribution in [3.8, 4) is 0 Å². The first-order valence-corrected chi connectivity index (χ1v) is 12.7. The van der Waals surface area contributed by atoms with Crippen LogP contribution < -0.4 is 5.32 Å². The van der Waals surface area contributed by atoms with Crippen molar-refractivity contribution in [2.75, 3.05) is 18.5 Å². The van der Waals surface area contributed by atoms with Crippen LogP contribution in [0, 0.1) is 6.92 Å². The Hall–Kier alpha value is -4.13. The number of oxazole rings is 1. The number of nitrogens with one attached hydrogen (secondary N) is 1. The number of esters is 1. The van der Waals surface area contributed by atoms with E-state index in [1.807, 2.05) is 56.0 Å². The number of rotatable bonds is 7. The van der Waals surface area contributed by atoms with Crippen molar-refractivity contribution in [2.45, 2.75) is 46.1 Å². The number of nitrogens with zero attached hydrogens (tertiary/aromatic N) is 2. The molecule has 0 saturated heterocycles. The predicted molar refractivity (Wildman–Crippen MR) is 143 cm³/mol. The highest BCUT2D eigenvalue weighted by molar-refractivity contribution is 5.97. The molecule has 0 fully saturated rings. The van der Waals surface area contributed by atoms with Crippen LogP contribution in [0.3, 0.4) is 0 Å². The monoisotopic (exact) mass is 497 g/mol. The molecule has 0 aliphatic carbocycles. The Morgan fingerprint density at radius 3 is 2.76 bits per heavy atom. The summed E-state index contributed by atoms with van der Waals surface area (Å²) in [5.41, 5.74) is 7.35. The van der Waals surface area contributed by atoms with Gasteiger partial charge in [-0.3, -0.25) is 9.59 Å². The summed E-state index contributed by atoms with van der Waals surface area (Å²) in [7, 11) is 0. The molecular formula is C30H31N3O4. The van der Waals surface area contributed by atoms with E-state index in [1.165, 1.54) is 5.56 Å². The van der Waals surface area contributed by atoms with Crippen molar-refractivity contribution in [3.05, 3.63) is 88.5 Å². The van der Waals surface area contributed by atoms with E-state index >= 15 is 0 Å². The third kappa shape index (κ3) is 5.35. The number of fused-ring (bicyclic) bond motifs is 2. The summed E-state index contributed by atoms with van der Waals surface area (Å²) in [5.74, 6) is -0.119. The van der Waals surface area contributed by atoms with Gasteiger partial charge in [0.15, 0.2) is 5.58 Å². The fourth-order valence-electron chi connectivity index (χ4n) is 4.76. The van der Waals surface area contributed by atoms with E-state index in [9.17, 15) is 9.59 Å². The molecule has 37 heavy (non-hydrogen) atoms. The summed E-state index contributed by atoms with van der Waals surface area (Å²) >= 11 is 0. The first-order chi connectivity index (χ1) is 17.9. The summed E-state index contributed by atoms with van der Waals surface area (Å²) < 4.78 is 11.0. The quantitative estimate of drug-likeness (QED) is 0.309. The zero-order valence-electron chi connectivity index (χ0n) is 21.4. The summed E-state index contributed by atoms with van der Waals surface area (Å²) in [6.45, 7) is 7.46.